The fourth-order valence-electron chi connectivity index (χ4n) is 7.33. The summed E-state index contributed by atoms with van der Waals surface area (Å²) < 4.78 is 0. The predicted molar refractivity (Wildman–Crippen MR) is 185 cm³/mol. The monoisotopic (exact) mass is 674 g/mol. The Kier molecular flexibility index (Phi) is 14.7. The molecule has 2 aliphatic heterocycles. The van der Waals surface area contributed by atoms with Crippen molar-refractivity contribution in [3.05, 3.63) is 0 Å². The number of likely N-dealkylation sites (N-methyl/N-ethyl adjacent to an activating group) is 1. The number of urea groups is 1. The van der Waals surface area contributed by atoms with Crippen LogP contribution in [-0.2, 0) is 24.0 Å². The van der Waals surface area contributed by atoms with Gasteiger partial charge in [-0.1, -0.05) is 73.1 Å². The van der Waals surface area contributed by atoms with Crippen LogP contribution in [-0.4, -0.2) is 95.6 Å². The second-order valence-electron chi connectivity index (χ2n) is 15.5. The van der Waals surface area contributed by atoms with Crippen LogP contribution in [0.15, 0.2) is 0 Å². The Labute approximate surface area is 287 Å². The van der Waals surface area contributed by atoms with Crippen molar-refractivity contribution in [3.8, 4) is 0 Å². The van der Waals surface area contributed by atoms with E-state index in [0.717, 1.165) is 57.8 Å². The van der Waals surface area contributed by atoms with Crippen molar-refractivity contribution in [1.82, 2.24) is 31.1 Å². The molecule has 0 aromatic heterocycles. The molecule has 4 atom stereocenters. The van der Waals surface area contributed by atoms with Gasteiger partial charge in [-0.3, -0.25) is 24.0 Å². The number of nitrogens with one attached hydrogen (secondary N) is 4. The molecule has 48 heavy (non-hydrogen) atoms. The highest BCUT2D eigenvalue weighted by molar-refractivity contribution is 6.38. The SMILES string of the molecule is CCCCCC(NC(=O)[C@@H]1CCCN1C(=O)[C@@H](NC(=O)N[C@H](CN1CCCCC1=O)C(C)(C)C)C1(C)CCCCC1)C(=O)C(=O)NCC. The predicted octanol–water partition coefficient (Wildman–Crippen LogP) is 3.81. The normalized spacial score (nSPS) is 21.5. The highest BCUT2D eigenvalue weighted by Gasteiger charge is 2.47. The molecule has 12 nitrogen and oxygen atoms in total. The lowest BCUT2D eigenvalue weighted by Crippen LogP contribution is -2.63. The number of hydrogen-bond donors (Lipinski definition) is 4. The molecular formula is C36H62N6O6. The van der Waals surface area contributed by atoms with Gasteiger partial charge in [-0.2, -0.15) is 0 Å². The minimum atomic E-state index is -0.968. The molecule has 1 saturated carbocycles. The third kappa shape index (κ3) is 10.7. The summed E-state index contributed by atoms with van der Waals surface area (Å²) in [4.78, 5) is 83.4. The van der Waals surface area contributed by atoms with Gasteiger partial charge in [0.2, 0.25) is 23.5 Å². The number of nitrogens with zero attached hydrogens (tertiary/aromatic N) is 2. The number of carbonyl (C=O) groups excluding carboxylic acids is 6. The summed E-state index contributed by atoms with van der Waals surface area (Å²) in [6, 6.07) is -3.44. The number of ketones is 1. The molecule has 0 radical (unpaired) electrons. The van der Waals surface area contributed by atoms with Crippen LogP contribution in [0.1, 0.15) is 131 Å². The highest BCUT2D eigenvalue weighted by atomic mass is 16.2. The summed E-state index contributed by atoms with van der Waals surface area (Å²) in [7, 11) is 0. The van der Waals surface area contributed by atoms with Crippen LogP contribution in [0.3, 0.4) is 0 Å². The van der Waals surface area contributed by atoms with Crippen molar-refractivity contribution in [2.24, 2.45) is 10.8 Å². The van der Waals surface area contributed by atoms with Crippen molar-refractivity contribution in [2.45, 2.75) is 156 Å². The number of unbranched alkanes of at least 4 members (excludes halogenated alkanes) is 2. The minimum Gasteiger partial charge on any atom is -0.350 e. The number of likely N-dealkylation sites (tertiary alicyclic amines) is 2. The molecule has 0 bridgehead atoms. The Morgan fingerprint density at radius 2 is 1.60 bits per heavy atom. The van der Waals surface area contributed by atoms with Gasteiger partial charge in [0.05, 0.1) is 12.1 Å². The summed E-state index contributed by atoms with van der Waals surface area (Å²) >= 11 is 0. The second kappa shape index (κ2) is 18.0. The molecule has 6 amide bonds. The van der Waals surface area contributed by atoms with Gasteiger partial charge in [-0.25, -0.2) is 4.79 Å². The molecular weight excluding hydrogens is 612 g/mol. The summed E-state index contributed by atoms with van der Waals surface area (Å²) in [5, 5.41) is 11.5. The maximum Gasteiger partial charge on any atom is 0.315 e. The topological polar surface area (TPSA) is 157 Å². The van der Waals surface area contributed by atoms with E-state index in [4.69, 9.17) is 0 Å². The van der Waals surface area contributed by atoms with E-state index < -0.39 is 47.2 Å². The number of Topliss-reactive ketones (excluding diaryl/α,β-unsaturated/α-hetero) is 1. The first-order chi connectivity index (χ1) is 22.7. The van der Waals surface area contributed by atoms with Crippen LogP contribution >= 0.6 is 0 Å². The number of piperidine rings is 1. The lowest BCUT2D eigenvalue weighted by Gasteiger charge is -2.43. The second-order valence-corrected chi connectivity index (χ2v) is 15.5. The minimum absolute atomic E-state index is 0.0964. The van der Waals surface area contributed by atoms with Crippen LogP contribution in [0.2, 0.25) is 0 Å². The molecule has 12 heteroatoms. The van der Waals surface area contributed by atoms with Crippen LogP contribution in [0, 0.1) is 10.8 Å². The average Bonchev–Trinajstić information content (AvgIpc) is 3.54. The molecule has 272 valence electrons. The van der Waals surface area contributed by atoms with Crippen molar-refractivity contribution in [3.63, 3.8) is 0 Å². The number of carbonyl (C=O) groups is 6. The van der Waals surface area contributed by atoms with Gasteiger partial charge >= 0.3 is 6.03 Å². The summed E-state index contributed by atoms with van der Waals surface area (Å²) in [5.41, 5.74) is -0.853. The number of amides is 6. The van der Waals surface area contributed by atoms with Crippen LogP contribution in [0.25, 0.3) is 0 Å². The Morgan fingerprint density at radius 3 is 2.23 bits per heavy atom. The van der Waals surface area contributed by atoms with Crippen LogP contribution < -0.4 is 21.3 Å². The quantitative estimate of drug-likeness (QED) is 0.153. The maximum absolute atomic E-state index is 14.5. The largest absolute Gasteiger partial charge is 0.350 e. The van der Waals surface area contributed by atoms with Gasteiger partial charge in [0.15, 0.2) is 0 Å². The molecule has 3 rings (SSSR count). The fourth-order valence-corrected chi connectivity index (χ4v) is 7.33. The van der Waals surface area contributed by atoms with E-state index in [0.29, 0.717) is 58.3 Å². The zero-order valence-corrected chi connectivity index (χ0v) is 30.4. The van der Waals surface area contributed by atoms with Gasteiger partial charge < -0.3 is 31.1 Å². The molecule has 0 aromatic rings. The third-order valence-electron chi connectivity index (χ3n) is 10.5. The van der Waals surface area contributed by atoms with Crippen LogP contribution in [0.4, 0.5) is 4.79 Å². The molecule has 1 unspecified atom stereocenters. The van der Waals surface area contributed by atoms with E-state index in [1.807, 2.05) is 39.5 Å². The molecule has 2 heterocycles. The summed E-state index contributed by atoms with van der Waals surface area (Å²) in [6.07, 6.45) is 10.7. The molecule has 0 spiro atoms. The van der Waals surface area contributed by atoms with Gasteiger partial charge in [0.1, 0.15) is 12.1 Å². The summed E-state index contributed by atoms with van der Waals surface area (Å²) in [5.74, 6) is -2.06. The van der Waals surface area contributed by atoms with Crippen molar-refractivity contribution < 1.29 is 28.8 Å². The van der Waals surface area contributed by atoms with Crippen LogP contribution in [0.5, 0.6) is 0 Å². The third-order valence-corrected chi connectivity index (χ3v) is 10.5. The van der Waals surface area contributed by atoms with E-state index in [1.165, 1.54) is 0 Å². The van der Waals surface area contributed by atoms with Crippen molar-refractivity contribution in [2.75, 3.05) is 26.2 Å². The molecule has 3 fully saturated rings. The lowest BCUT2D eigenvalue weighted by molar-refractivity contribution is -0.144. The lowest BCUT2D eigenvalue weighted by atomic mass is 9.70. The van der Waals surface area contributed by atoms with Gasteiger partial charge in [-0.05, 0) is 62.7 Å². The zero-order valence-electron chi connectivity index (χ0n) is 30.4. The van der Waals surface area contributed by atoms with Crippen molar-refractivity contribution >= 4 is 35.4 Å². The molecule has 1 aliphatic carbocycles. The summed E-state index contributed by atoms with van der Waals surface area (Å²) in [6.45, 7) is 13.6. The Balaban J connectivity index is 1.80. The Bertz CT molecular complexity index is 1150. The standard InChI is InChI=1S/C36H62N6O6/c1-7-9-11-17-25(29(44)32(46)37-8-2)38-31(45)26-18-16-23-42(26)33(47)30(36(6)20-13-10-14-21-36)40-34(48)39-27(35(3,4)5)24-41-22-15-12-19-28(41)43/h25-27,30H,7-24H2,1-6H3,(H,37,46)(H,38,45)(H2,39,40,48)/t25?,26-,27+,30+/m0/s1. The van der Waals surface area contributed by atoms with E-state index in [1.54, 1.807) is 11.8 Å². The Morgan fingerprint density at radius 1 is 0.896 bits per heavy atom. The van der Waals surface area contributed by atoms with E-state index in [2.05, 4.69) is 21.3 Å². The van der Waals surface area contributed by atoms with E-state index in [-0.39, 0.29) is 23.3 Å². The molecule has 3 aliphatic rings. The first-order valence-electron chi connectivity index (χ1n) is 18.5. The molecule has 0 aromatic carbocycles. The van der Waals surface area contributed by atoms with Gasteiger partial charge in [0, 0.05) is 32.6 Å². The first-order valence-corrected chi connectivity index (χ1v) is 18.5. The van der Waals surface area contributed by atoms with Gasteiger partial charge in [0.25, 0.3) is 5.91 Å². The maximum atomic E-state index is 14.5. The fraction of sp³-hybridized carbons (Fsp3) is 0.833. The zero-order chi connectivity index (χ0) is 35.5. The van der Waals surface area contributed by atoms with E-state index >= 15 is 0 Å². The number of hydrogen-bond acceptors (Lipinski definition) is 6. The first kappa shape index (κ1) is 39.3. The molecule has 2 saturated heterocycles. The molecule has 4 N–H and O–H groups in total. The smallest absolute Gasteiger partial charge is 0.315 e. The highest BCUT2D eigenvalue weighted by Crippen LogP contribution is 2.40. The van der Waals surface area contributed by atoms with E-state index in [9.17, 15) is 28.8 Å². The van der Waals surface area contributed by atoms with Gasteiger partial charge in [-0.15, -0.1) is 0 Å². The average molecular weight is 675 g/mol. The van der Waals surface area contributed by atoms with Crippen molar-refractivity contribution in [1.29, 1.82) is 0 Å². The Hall–Kier alpha value is -3.18. The number of rotatable bonds is 15.